The summed E-state index contributed by atoms with van der Waals surface area (Å²) in [6.07, 6.45) is 5.59. The molecule has 176 valence electrons. The number of nitrogens with one attached hydrogen (secondary N) is 3. The minimum absolute atomic E-state index is 0. The monoisotopic (exact) mass is 490 g/mol. The number of nitrogens with zero attached hydrogens (tertiary/aromatic N) is 1. The molecule has 4 N–H and O–H groups in total. The molecule has 0 saturated heterocycles. The highest BCUT2D eigenvalue weighted by molar-refractivity contribution is 7.98. The summed E-state index contributed by atoms with van der Waals surface area (Å²) in [6.45, 7) is 0.534. The Morgan fingerprint density at radius 3 is 2.67 bits per heavy atom. The van der Waals surface area contributed by atoms with Gasteiger partial charge in [0.25, 0.3) is 5.91 Å². The molecule has 8 nitrogen and oxygen atoms in total. The molecule has 1 atom stereocenters. The number of aromatic nitrogens is 2. The molecule has 1 heterocycles. The maximum absolute atomic E-state index is 13.1. The van der Waals surface area contributed by atoms with Crippen LogP contribution in [-0.4, -0.2) is 52.1 Å². The van der Waals surface area contributed by atoms with Crippen LogP contribution in [0.3, 0.4) is 0 Å². The molecule has 33 heavy (non-hydrogen) atoms. The zero-order valence-electron chi connectivity index (χ0n) is 18.3. The average Bonchev–Trinajstić information content (AvgIpc) is 3.33. The van der Waals surface area contributed by atoms with Crippen LogP contribution in [0.25, 0.3) is 11.1 Å². The number of ether oxygens (including phenoxy) is 1. The normalized spacial score (nSPS) is 11.2. The molecule has 0 unspecified atom stereocenters. The number of methoxy groups -OCH3 is 1. The molecule has 2 aromatic carbocycles. The van der Waals surface area contributed by atoms with Crippen molar-refractivity contribution in [3.05, 3.63) is 66.2 Å². The van der Waals surface area contributed by atoms with E-state index in [9.17, 15) is 14.7 Å². The lowest BCUT2D eigenvalue weighted by atomic mass is 9.97. The summed E-state index contributed by atoms with van der Waals surface area (Å²) in [5, 5.41) is 15.5. The second-order valence-electron chi connectivity index (χ2n) is 7.04. The van der Waals surface area contributed by atoms with E-state index >= 15 is 0 Å². The standard InChI is InChI=1S/C23H26N4O4S.ClH/c1-31-21-6-4-3-5-17(21)19-11-15(25-13-16-12-24-14-26-16)7-8-18(19)22(28)27-20(23(29)30)9-10-32-2;/h3-8,11-12,14,20,25H,9-10,13H2,1-2H3,(H,24,26)(H,27,28)(H,29,30);1H/t20-;/m0./s1. The number of anilines is 1. The topological polar surface area (TPSA) is 116 Å². The van der Waals surface area contributed by atoms with Gasteiger partial charge in [-0.05, 0) is 42.7 Å². The van der Waals surface area contributed by atoms with Crippen molar-refractivity contribution in [1.82, 2.24) is 15.3 Å². The Balaban J connectivity index is 0.00000385. The summed E-state index contributed by atoms with van der Waals surface area (Å²) in [4.78, 5) is 31.8. The number of halogens is 1. The maximum atomic E-state index is 13.1. The van der Waals surface area contributed by atoms with Crippen LogP contribution >= 0.6 is 24.2 Å². The molecule has 10 heteroatoms. The number of imidazole rings is 1. The number of carbonyl (C=O) groups is 2. The largest absolute Gasteiger partial charge is 0.496 e. The lowest BCUT2D eigenvalue weighted by Crippen LogP contribution is -2.41. The van der Waals surface area contributed by atoms with E-state index in [0.717, 1.165) is 16.9 Å². The van der Waals surface area contributed by atoms with Gasteiger partial charge in [0.2, 0.25) is 0 Å². The van der Waals surface area contributed by atoms with E-state index in [0.29, 0.717) is 35.6 Å². The molecule has 0 bridgehead atoms. The highest BCUT2D eigenvalue weighted by atomic mass is 35.5. The predicted molar refractivity (Wildman–Crippen MR) is 133 cm³/mol. The van der Waals surface area contributed by atoms with Gasteiger partial charge in [-0.25, -0.2) is 9.78 Å². The quantitative estimate of drug-likeness (QED) is 0.320. The molecule has 0 spiro atoms. The molecular formula is C23H27ClN4O4S. The van der Waals surface area contributed by atoms with Crippen LogP contribution in [0.4, 0.5) is 5.69 Å². The van der Waals surface area contributed by atoms with E-state index in [2.05, 4.69) is 20.6 Å². The van der Waals surface area contributed by atoms with Crippen LogP contribution in [0.2, 0.25) is 0 Å². The minimum atomic E-state index is -1.05. The Bertz CT molecular complexity index is 1060. The first-order valence-electron chi connectivity index (χ1n) is 10.0. The predicted octanol–water partition coefficient (Wildman–Crippen LogP) is 4.06. The van der Waals surface area contributed by atoms with Crippen molar-refractivity contribution in [2.75, 3.05) is 24.4 Å². The maximum Gasteiger partial charge on any atom is 0.326 e. The third kappa shape index (κ3) is 6.90. The number of carboxylic acid groups (broad SMARTS) is 1. The van der Waals surface area contributed by atoms with Crippen molar-refractivity contribution in [2.45, 2.75) is 19.0 Å². The Labute approximate surface area is 203 Å². The van der Waals surface area contributed by atoms with Gasteiger partial charge in [0.05, 0.1) is 25.7 Å². The fourth-order valence-corrected chi connectivity index (χ4v) is 3.72. The van der Waals surface area contributed by atoms with E-state index < -0.39 is 17.9 Å². The van der Waals surface area contributed by atoms with Crippen LogP contribution in [0.15, 0.2) is 55.0 Å². The van der Waals surface area contributed by atoms with Crippen molar-refractivity contribution in [3.63, 3.8) is 0 Å². The molecule has 0 aliphatic heterocycles. The first-order valence-corrected chi connectivity index (χ1v) is 11.4. The van der Waals surface area contributed by atoms with E-state index in [1.807, 2.05) is 36.6 Å². The SMILES string of the molecule is COc1ccccc1-c1cc(NCc2cnc[nH]2)ccc1C(=O)N[C@@H](CCSC)C(=O)O.Cl. The van der Waals surface area contributed by atoms with Crippen LogP contribution < -0.4 is 15.4 Å². The van der Waals surface area contributed by atoms with Crippen molar-refractivity contribution in [2.24, 2.45) is 0 Å². The molecule has 1 amide bonds. The van der Waals surface area contributed by atoms with Crippen molar-refractivity contribution >= 4 is 41.7 Å². The number of hydrogen-bond donors (Lipinski definition) is 4. The minimum Gasteiger partial charge on any atom is -0.496 e. The van der Waals surface area contributed by atoms with Gasteiger partial charge in [-0.2, -0.15) is 11.8 Å². The number of hydrogen-bond acceptors (Lipinski definition) is 6. The van der Waals surface area contributed by atoms with E-state index in [4.69, 9.17) is 4.74 Å². The third-order valence-corrected chi connectivity index (χ3v) is 5.56. The van der Waals surface area contributed by atoms with Crippen LogP contribution in [0.5, 0.6) is 5.75 Å². The number of amides is 1. The first-order chi connectivity index (χ1) is 15.5. The molecule has 1 aromatic heterocycles. The number of aromatic amines is 1. The fourth-order valence-electron chi connectivity index (χ4n) is 3.25. The lowest BCUT2D eigenvalue weighted by Gasteiger charge is -2.18. The summed E-state index contributed by atoms with van der Waals surface area (Å²) < 4.78 is 5.50. The second-order valence-corrected chi connectivity index (χ2v) is 8.02. The number of thioether (sulfide) groups is 1. The summed E-state index contributed by atoms with van der Waals surface area (Å²) >= 11 is 1.53. The number of rotatable bonds is 11. The van der Waals surface area contributed by atoms with Gasteiger partial charge in [0.1, 0.15) is 11.8 Å². The second kappa shape index (κ2) is 12.8. The van der Waals surface area contributed by atoms with Crippen LogP contribution in [-0.2, 0) is 11.3 Å². The molecule has 0 radical (unpaired) electrons. The van der Waals surface area contributed by atoms with Crippen LogP contribution in [0.1, 0.15) is 22.5 Å². The van der Waals surface area contributed by atoms with Gasteiger partial charge in [0, 0.05) is 28.6 Å². The van der Waals surface area contributed by atoms with Crippen LogP contribution in [0, 0.1) is 0 Å². The van der Waals surface area contributed by atoms with Gasteiger partial charge < -0.3 is 25.5 Å². The van der Waals surface area contributed by atoms with Gasteiger partial charge in [-0.15, -0.1) is 12.4 Å². The van der Waals surface area contributed by atoms with Gasteiger partial charge in [0.15, 0.2) is 0 Å². The number of H-pyrrole nitrogens is 1. The van der Waals surface area contributed by atoms with E-state index in [1.165, 1.54) is 11.8 Å². The molecule has 0 aliphatic carbocycles. The van der Waals surface area contributed by atoms with Crippen molar-refractivity contribution in [3.8, 4) is 16.9 Å². The van der Waals surface area contributed by atoms with Crippen molar-refractivity contribution < 1.29 is 19.4 Å². The molecule has 0 fully saturated rings. The number of benzene rings is 2. The Hall–Kier alpha value is -3.17. The zero-order chi connectivity index (χ0) is 22.9. The highest BCUT2D eigenvalue weighted by Gasteiger charge is 2.23. The molecule has 0 aliphatic rings. The van der Waals surface area contributed by atoms with E-state index in [-0.39, 0.29) is 12.4 Å². The van der Waals surface area contributed by atoms with Crippen molar-refractivity contribution in [1.29, 1.82) is 0 Å². The molecular weight excluding hydrogens is 464 g/mol. The molecule has 0 saturated carbocycles. The molecule has 3 aromatic rings. The summed E-state index contributed by atoms with van der Waals surface area (Å²) in [5.41, 5.74) is 3.47. The lowest BCUT2D eigenvalue weighted by molar-refractivity contribution is -0.139. The first kappa shape index (κ1) is 26.1. The summed E-state index contributed by atoms with van der Waals surface area (Å²) in [7, 11) is 1.57. The molecule has 3 rings (SSSR count). The average molecular weight is 491 g/mol. The van der Waals surface area contributed by atoms with Gasteiger partial charge in [-0.3, -0.25) is 4.79 Å². The van der Waals surface area contributed by atoms with Gasteiger partial charge >= 0.3 is 5.97 Å². The smallest absolute Gasteiger partial charge is 0.326 e. The Morgan fingerprint density at radius 1 is 1.21 bits per heavy atom. The third-order valence-electron chi connectivity index (χ3n) is 4.91. The highest BCUT2D eigenvalue weighted by Crippen LogP contribution is 2.34. The number of aliphatic carboxylic acids is 1. The Kier molecular flexibility index (Phi) is 10.1. The number of carboxylic acids is 1. The van der Waals surface area contributed by atoms with Gasteiger partial charge in [-0.1, -0.05) is 18.2 Å². The number of carbonyl (C=O) groups excluding carboxylic acids is 1. The fraction of sp³-hybridized carbons (Fsp3) is 0.261. The number of para-hydroxylation sites is 1. The summed E-state index contributed by atoms with van der Waals surface area (Å²) in [5.74, 6) is -0.249. The van der Waals surface area contributed by atoms with E-state index in [1.54, 1.807) is 31.8 Å². The zero-order valence-corrected chi connectivity index (χ0v) is 20.0. The summed E-state index contributed by atoms with van der Waals surface area (Å²) in [6, 6.07) is 11.8. The Morgan fingerprint density at radius 2 is 2.00 bits per heavy atom.